The van der Waals surface area contributed by atoms with Crippen LogP contribution in [0.2, 0.25) is 0 Å². The lowest BCUT2D eigenvalue weighted by molar-refractivity contribution is -0.161. The third-order valence-electron chi connectivity index (χ3n) is 2.02. The third-order valence-corrected chi connectivity index (χ3v) is 2.02. The van der Waals surface area contributed by atoms with Crippen molar-refractivity contribution >= 4 is 0 Å². The van der Waals surface area contributed by atoms with Crippen LogP contribution in [0.4, 0.5) is 0 Å². The van der Waals surface area contributed by atoms with Crippen LogP contribution in [0, 0.1) is 0 Å². The van der Waals surface area contributed by atoms with Crippen LogP contribution < -0.4 is 5.32 Å². The second-order valence-electron chi connectivity index (χ2n) is 2.87. The van der Waals surface area contributed by atoms with Crippen LogP contribution in [-0.2, 0) is 0 Å². The van der Waals surface area contributed by atoms with Crippen molar-refractivity contribution in [3.63, 3.8) is 0 Å². The molecule has 1 fully saturated rings. The molecule has 0 aliphatic carbocycles. The molecular formula is C6H13NO5. The van der Waals surface area contributed by atoms with E-state index < -0.39 is 37.2 Å². The predicted molar refractivity (Wildman–Crippen MR) is 38.0 cm³/mol. The van der Waals surface area contributed by atoms with Crippen LogP contribution in [0.1, 0.15) is 0 Å². The van der Waals surface area contributed by atoms with E-state index in [9.17, 15) is 5.11 Å². The Labute approximate surface area is 69.1 Å². The molecule has 0 aromatic heterocycles. The first-order chi connectivity index (χ1) is 5.57. The summed E-state index contributed by atoms with van der Waals surface area (Å²) in [7, 11) is 0. The molecule has 1 unspecified atom stereocenters. The van der Waals surface area contributed by atoms with Crippen molar-refractivity contribution < 1.29 is 25.5 Å². The molecule has 0 radical (unpaired) electrons. The number of rotatable bonds is 1. The van der Waals surface area contributed by atoms with Gasteiger partial charge in [-0.05, 0) is 0 Å². The van der Waals surface area contributed by atoms with Crippen molar-refractivity contribution in [2.75, 3.05) is 6.61 Å². The van der Waals surface area contributed by atoms with E-state index in [1.807, 2.05) is 0 Å². The van der Waals surface area contributed by atoms with Gasteiger partial charge in [-0.15, -0.1) is 0 Å². The number of aliphatic hydroxyl groups is 5. The van der Waals surface area contributed by atoms with Gasteiger partial charge in [0, 0.05) is 0 Å². The van der Waals surface area contributed by atoms with E-state index in [4.69, 9.17) is 20.4 Å². The van der Waals surface area contributed by atoms with Crippen LogP contribution in [0.3, 0.4) is 0 Å². The Morgan fingerprint density at radius 3 is 2.00 bits per heavy atom. The second kappa shape index (κ2) is 3.65. The lowest BCUT2D eigenvalue weighted by atomic mass is 9.95. The maximum absolute atomic E-state index is 9.18. The summed E-state index contributed by atoms with van der Waals surface area (Å²) in [4.78, 5) is 0. The van der Waals surface area contributed by atoms with Gasteiger partial charge in [-0.1, -0.05) is 0 Å². The Balaban J connectivity index is 2.63. The standard InChI is InChI=1S/C6H13NO5/c8-1-2-3(9)4(10)5(11)6(12)7-2/h2-12H,1H2/t2-,3-,4+,5+,6?/m1/s1. The van der Waals surface area contributed by atoms with Crippen molar-refractivity contribution in [3.05, 3.63) is 0 Å². The van der Waals surface area contributed by atoms with E-state index in [-0.39, 0.29) is 0 Å². The molecule has 1 aliphatic heterocycles. The first-order valence-corrected chi connectivity index (χ1v) is 3.67. The van der Waals surface area contributed by atoms with Gasteiger partial charge < -0.3 is 25.5 Å². The SMILES string of the molecule is OC[C@H]1NC(O)[C@@H](O)[C@@H](O)[C@@H]1O. The van der Waals surface area contributed by atoms with Crippen LogP contribution in [0.25, 0.3) is 0 Å². The maximum atomic E-state index is 9.18. The lowest BCUT2D eigenvalue weighted by Gasteiger charge is -2.38. The molecule has 5 atom stereocenters. The van der Waals surface area contributed by atoms with Crippen LogP contribution >= 0.6 is 0 Å². The number of aliphatic hydroxyl groups excluding tert-OH is 5. The van der Waals surface area contributed by atoms with Gasteiger partial charge in [0.25, 0.3) is 0 Å². The van der Waals surface area contributed by atoms with E-state index >= 15 is 0 Å². The highest BCUT2D eigenvalue weighted by atomic mass is 16.4. The average Bonchev–Trinajstić information content (AvgIpc) is 2.08. The van der Waals surface area contributed by atoms with Crippen molar-refractivity contribution in [1.82, 2.24) is 5.32 Å². The minimum absolute atomic E-state index is 0.415. The van der Waals surface area contributed by atoms with Gasteiger partial charge in [0.05, 0.1) is 12.6 Å². The van der Waals surface area contributed by atoms with Crippen molar-refractivity contribution in [1.29, 1.82) is 0 Å². The number of nitrogens with one attached hydrogen (secondary N) is 1. The summed E-state index contributed by atoms with van der Waals surface area (Å²) in [5, 5.41) is 47.3. The second-order valence-corrected chi connectivity index (χ2v) is 2.87. The highest BCUT2D eigenvalue weighted by Gasteiger charge is 2.40. The number of piperidine rings is 1. The van der Waals surface area contributed by atoms with Gasteiger partial charge in [0.15, 0.2) is 0 Å². The van der Waals surface area contributed by atoms with Crippen molar-refractivity contribution in [2.45, 2.75) is 30.6 Å². The molecule has 0 aromatic carbocycles. The van der Waals surface area contributed by atoms with Crippen molar-refractivity contribution in [2.24, 2.45) is 0 Å². The summed E-state index contributed by atoms with van der Waals surface area (Å²) in [6, 6.07) is -0.807. The highest BCUT2D eigenvalue weighted by Crippen LogP contribution is 2.13. The number of hydrogen-bond acceptors (Lipinski definition) is 6. The summed E-state index contributed by atoms with van der Waals surface area (Å²) in [5.41, 5.74) is 0. The largest absolute Gasteiger partial charge is 0.395 e. The molecule has 12 heavy (non-hydrogen) atoms. The predicted octanol–water partition coefficient (Wildman–Crippen LogP) is -3.65. The molecular weight excluding hydrogens is 166 g/mol. The Kier molecular flexibility index (Phi) is 2.99. The van der Waals surface area contributed by atoms with E-state index in [1.165, 1.54) is 0 Å². The lowest BCUT2D eigenvalue weighted by Crippen LogP contribution is -2.65. The molecule has 0 bridgehead atoms. The van der Waals surface area contributed by atoms with Gasteiger partial charge in [-0.3, -0.25) is 5.32 Å². The van der Waals surface area contributed by atoms with Gasteiger partial charge in [-0.25, -0.2) is 0 Å². The minimum atomic E-state index is -1.43. The fraction of sp³-hybridized carbons (Fsp3) is 1.00. The topological polar surface area (TPSA) is 113 Å². The molecule has 6 heteroatoms. The van der Waals surface area contributed by atoms with Crippen LogP contribution in [0.15, 0.2) is 0 Å². The first kappa shape index (κ1) is 9.85. The highest BCUT2D eigenvalue weighted by molar-refractivity contribution is 4.93. The van der Waals surface area contributed by atoms with E-state index in [2.05, 4.69) is 5.32 Å². The van der Waals surface area contributed by atoms with Crippen molar-refractivity contribution in [3.8, 4) is 0 Å². The molecule has 6 nitrogen and oxygen atoms in total. The molecule has 0 spiro atoms. The fourth-order valence-electron chi connectivity index (χ4n) is 1.20. The molecule has 1 aliphatic rings. The first-order valence-electron chi connectivity index (χ1n) is 3.67. The maximum Gasteiger partial charge on any atom is 0.134 e. The van der Waals surface area contributed by atoms with Gasteiger partial charge in [-0.2, -0.15) is 0 Å². The molecule has 72 valence electrons. The normalized spacial score (nSPS) is 49.2. The summed E-state index contributed by atoms with van der Waals surface area (Å²) < 4.78 is 0. The molecule has 1 rings (SSSR count). The summed E-state index contributed by atoms with van der Waals surface area (Å²) in [5.74, 6) is 0. The molecule has 1 heterocycles. The summed E-state index contributed by atoms with van der Waals surface area (Å²) in [6.07, 6.45) is -5.45. The van der Waals surface area contributed by atoms with Crippen LogP contribution in [-0.4, -0.2) is 62.7 Å². The Morgan fingerprint density at radius 2 is 1.50 bits per heavy atom. The zero-order valence-corrected chi connectivity index (χ0v) is 6.33. The minimum Gasteiger partial charge on any atom is -0.395 e. The van der Waals surface area contributed by atoms with Gasteiger partial charge >= 0.3 is 0 Å². The van der Waals surface area contributed by atoms with Crippen LogP contribution in [0.5, 0.6) is 0 Å². The van der Waals surface area contributed by atoms with E-state index in [0.29, 0.717) is 0 Å². The molecule has 0 aromatic rings. The smallest absolute Gasteiger partial charge is 0.134 e. The van der Waals surface area contributed by atoms with Gasteiger partial charge in [0.2, 0.25) is 0 Å². The zero-order chi connectivity index (χ0) is 9.30. The molecule has 0 saturated carbocycles. The quantitative estimate of drug-likeness (QED) is 0.247. The Bertz CT molecular complexity index is 150. The zero-order valence-electron chi connectivity index (χ0n) is 6.33. The molecule has 1 saturated heterocycles. The average molecular weight is 179 g/mol. The monoisotopic (exact) mass is 179 g/mol. The van der Waals surface area contributed by atoms with E-state index in [1.54, 1.807) is 0 Å². The van der Waals surface area contributed by atoms with Gasteiger partial charge in [0.1, 0.15) is 24.5 Å². The Morgan fingerprint density at radius 1 is 0.917 bits per heavy atom. The summed E-state index contributed by atoms with van der Waals surface area (Å²) in [6.45, 7) is -0.415. The Hall–Kier alpha value is -0.240. The molecule has 0 amide bonds. The fourth-order valence-corrected chi connectivity index (χ4v) is 1.20. The molecule has 6 N–H and O–H groups in total. The summed E-state index contributed by atoms with van der Waals surface area (Å²) >= 11 is 0. The van der Waals surface area contributed by atoms with E-state index in [0.717, 1.165) is 0 Å². The third kappa shape index (κ3) is 1.58. The number of hydrogen-bond donors (Lipinski definition) is 6.